The maximum atomic E-state index is 5.99. The van der Waals surface area contributed by atoms with Crippen LogP contribution in [-0.4, -0.2) is 27.6 Å². The molecule has 0 aliphatic heterocycles. The zero-order valence-corrected chi connectivity index (χ0v) is 12.7. The average molecular weight is 293 g/mol. The lowest BCUT2D eigenvalue weighted by Crippen LogP contribution is -2.13. The van der Waals surface area contributed by atoms with Crippen molar-refractivity contribution >= 4 is 22.8 Å². The molecule has 0 amide bonds. The molecule has 108 valence electrons. The van der Waals surface area contributed by atoms with Crippen LogP contribution in [-0.2, 0) is 6.42 Å². The van der Waals surface area contributed by atoms with Crippen LogP contribution in [0.1, 0.15) is 24.5 Å². The summed E-state index contributed by atoms with van der Waals surface area (Å²) in [6.07, 6.45) is 2.31. The van der Waals surface area contributed by atoms with E-state index in [0.29, 0.717) is 17.4 Å². The van der Waals surface area contributed by atoms with E-state index < -0.39 is 0 Å². The van der Waals surface area contributed by atoms with Crippen molar-refractivity contribution < 1.29 is 4.74 Å². The van der Waals surface area contributed by atoms with Crippen molar-refractivity contribution in [1.29, 1.82) is 0 Å². The first-order valence-corrected chi connectivity index (χ1v) is 7.36. The number of aromatic nitrogens is 3. The maximum absolute atomic E-state index is 5.99. The lowest BCUT2D eigenvalue weighted by atomic mass is 10.4. The molecule has 0 radical (unpaired) electrons. The molecule has 0 bridgehead atoms. The number of nitrogens with two attached hydrogens (primary N) is 1. The first-order valence-electron chi connectivity index (χ1n) is 6.48. The number of thiazole rings is 1. The Labute approximate surface area is 122 Å². The highest BCUT2D eigenvalue weighted by Crippen LogP contribution is 2.25. The molecule has 0 aromatic carbocycles. The van der Waals surface area contributed by atoms with Gasteiger partial charge < -0.3 is 15.8 Å². The largest absolute Gasteiger partial charge is 0.473 e. The van der Waals surface area contributed by atoms with Gasteiger partial charge in [-0.1, -0.05) is 0 Å². The summed E-state index contributed by atoms with van der Waals surface area (Å²) < 4.78 is 5.53. The Hall–Kier alpha value is -1.89. The Morgan fingerprint density at radius 2 is 2.20 bits per heavy atom. The molecule has 6 nitrogen and oxygen atoms in total. The highest BCUT2D eigenvalue weighted by Gasteiger charge is 2.10. The average Bonchev–Trinajstić information content (AvgIpc) is 2.79. The van der Waals surface area contributed by atoms with Crippen LogP contribution in [0.4, 0.5) is 11.5 Å². The zero-order valence-electron chi connectivity index (χ0n) is 11.9. The van der Waals surface area contributed by atoms with Crippen molar-refractivity contribution in [2.75, 3.05) is 17.6 Å². The van der Waals surface area contributed by atoms with E-state index in [4.69, 9.17) is 10.5 Å². The maximum Gasteiger partial charge on any atom is 0.242 e. The third-order valence-electron chi connectivity index (χ3n) is 2.49. The summed E-state index contributed by atoms with van der Waals surface area (Å²) in [4.78, 5) is 12.6. The summed E-state index contributed by atoms with van der Waals surface area (Å²) in [5, 5.41) is 6.34. The number of rotatable bonds is 6. The number of aryl methyl sites for hydroxylation is 1. The second kappa shape index (κ2) is 6.51. The number of hydrogen-bond acceptors (Lipinski definition) is 7. The molecule has 0 aliphatic rings. The van der Waals surface area contributed by atoms with Gasteiger partial charge >= 0.3 is 0 Å². The van der Waals surface area contributed by atoms with Gasteiger partial charge in [0.1, 0.15) is 12.0 Å². The Kier molecular flexibility index (Phi) is 4.73. The molecule has 7 heteroatoms. The van der Waals surface area contributed by atoms with Crippen molar-refractivity contribution in [3.05, 3.63) is 22.4 Å². The van der Waals surface area contributed by atoms with E-state index in [-0.39, 0.29) is 6.10 Å². The Morgan fingerprint density at radius 3 is 2.85 bits per heavy atom. The number of anilines is 2. The normalized spacial score (nSPS) is 10.8. The van der Waals surface area contributed by atoms with Gasteiger partial charge in [-0.2, -0.15) is 4.98 Å². The zero-order chi connectivity index (χ0) is 14.5. The molecule has 3 N–H and O–H groups in total. The highest BCUT2D eigenvalue weighted by molar-refractivity contribution is 7.09. The molecule has 2 heterocycles. The molecule has 0 saturated heterocycles. The van der Waals surface area contributed by atoms with Gasteiger partial charge in [0.05, 0.1) is 11.1 Å². The minimum atomic E-state index is 0.0262. The van der Waals surface area contributed by atoms with E-state index in [1.807, 2.05) is 26.2 Å². The van der Waals surface area contributed by atoms with Crippen LogP contribution in [0.25, 0.3) is 0 Å². The van der Waals surface area contributed by atoms with Crippen LogP contribution < -0.4 is 15.8 Å². The summed E-state index contributed by atoms with van der Waals surface area (Å²) in [7, 11) is 0. The topological polar surface area (TPSA) is 86.0 Å². The fourth-order valence-electron chi connectivity index (χ4n) is 1.64. The van der Waals surface area contributed by atoms with Crippen LogP contribution >= 0.6 is 11.3 Å². The molecular weight excluding hydrogens is 274 g/mol. The second-order valence-corrected chi connectivity index (χ2v) is 5.61. The van der Waals surface area contributed by atoms with Gasteiger partial charge in [0.15, 0.2) is 5.82 Å². The van der Waals surface area contributed by atoms with Crippen molar-refractivity contribution in [3.8, 4) is 5.88 Å². The van der Waals surface area contributed by atoms with Crippen molar-refractivity contribution in [1.82, 2.24) is 15.0 Å². The number of nitrogen functional groups attached to an aromatic ring is 1. The Morgan fingerprint density at radius 1 is 1.40 bits per heavy atom. The van der Waals surface area contributed by atoms with Gasteiger partial charge in [-0.25, -0.2) is 9.97 Å². The molecule has 2 aromatic heterocycles. The molecule has 0 atom stereocenters. The van der Waals surface area contributed by atoms with E-state index in [0.717, 1.165) is 23.7 Å². The van der Waals surface area contributed by atoms with E-state index in [2.05, 4.69) is 20.3 Å². The van der Waals surface area contributed by atoms with Gasteiger partial charge in [0.2, 0.25) is 5.88 Å². The highest BCUT2D eigenvalue weighted by atomic mass is 32.1. The number of ether oxygens (including phenoxy) is 1. The van der Waals surface area contributed by atoms with Gasteiger partial charge in [-0.15, -0.1) is 11.3 Å². The monoisotopic (exact) mass is 293 g/mol. The third-order valence-corrected chi connectivity index (χ3v) is 3.52. The fraction of sp³-hybridized carbons (Fsp3) is 0.462. The standard InChI is InChI=1S/C13H19N5OS/c1-8(2)19-13-11(14)12(16-7-17-13)15-5-4-10-18-9(3)6-20-10/h6-8H,4-5,14H2,1-3H3,(H,15,16,17). The van der Waals surface area contributed by atoms with Gasteiger partial charge in [0.25, 0.3) is 0 Å². The summed E-state index contributed by atoms with van der Waals surface area (Å²) in [5.74, 6) is 1.02. The van der Waals surface area contributed by atoms with Crippen molar-refractivity contribution in [3.63, 3.8) is 0 Å². The SMILES string of the molecule is Cc1csc(CCNc2ncnc(OC(C)C)c2N)n1. The molecule has 0 aliphatic carbocycles. The van der Waals surface area contributed by atoms with Gasteiger partial charge in [-0.3, -0.25) is 0 Å². The predicted molar refractivity (Wildman–Crippen MR) is 81.3 cm³/mol. The summed E-state index contributed by atoms with van der Waals surface area (Å²) in [6, 6.07) is 0. The summed E-state index contributed by atoms with van der Waals surface area (Å²) >= 11 is 1.66. The van der Waals surface area contributed by atoms with Crippen LogP contribution in [0, 0.1) is 6.92 Å². The van der Waals surface area contributed by atoms with Crippen LogP contribution in [0.5, 0.6) is 5.88 Å². The smallest absolute Gasteiger partial charge is 0.242 e. The molecule has 0 unspecified atom stereocenters. The van der Waals surface area contributed by atoms with Crippen LogP contribution in [0.2, 0.25) is 0 Å². The minimum Gasteiger partial charge on any atom is -0.473 e. The quantitative estimate of drug-likeness (QED) is 0.849. The first kappa shape index (κ1) is 14.5. The van der Waals surface area contributed by atoms with E-state index in [1.54, 1.807) is 11.3 Å². The Bertz CT molecular complexity index is 570. The molecule has 2 aromatic rings. The van der Waals surface area contributed by atoms with E-state index in [9.17, 15) is 0 Å². The number of hydrogen-bond donors (Lipinski definition) is 2. The van der Waals surface area contributed by atoms with E-state index in [1.165, 1.54) is 6.33 Å². The molecular formula is C13H19N5OS. The third kappa shape index (κ3) is 3.80. The first-order chi connectivity index (χ1) is 9.56. The van der Waals surface area contributed by atoms with Gasteiger partial charge in [0, 0.05) is 24.0 Å². The van der Waals surface area contributed by atoms with Crippen molar-refractivity contribution in [2.24, 2.45) is 0 Å². The minimum absolute atomic E-state index is 0.0262. The molecule has 2 rings (SSSR count). The number of nitrogens with one attached hydrogen (secondary N) is 1. The fourth-order valence-corrected chi connectivity index (χ4v) is 2.42. The van der Waals surface area contributed by atoms with E-state index >= 15 is 0 Å². The molecule has 0 spiro atoms. The lowest BCUT2D eigenvalue weighted by Gasteiger charge is -2.13. The molecule has 0 saturated carbocycles. The molecule has 20 heavy (non-hydrogen) atoms. The van der Waals surface area contributed by atoms with Crippen molar-refractivity contribution in [2.45, 2.75) is 33.3 Å². The number of nitrogens with zero attached hydrogens (tertiary/aromatic N) is 3. The Balaban J connectivity index is 1.95. The predicted octanol–water partition coefficient (Wildman–Crippen LogP) is 2.27. The summed E-state index contributed by atoms with van der Waals surface area (Å²) in [5.41, 5.74) is 7.49. The summed E-state index contributed by atoms with van der Waals surface area (Å²) in [6.45, 7) is 6.57. The lowest BCUT2D eigenvalue weighted by molar-refractivity contribution is 0.234. The van der Waals surface area contributed by atoms with Crippen LogP contribution in [0.3, 0.4) is 0 Å². The van der Waals surface area contributed by atoms with Crippen LogP contribution in [0.15, 0.2) is 11.7 Å². The van der Waals surface area contributed by atoms with Gasteiger partial charge in [-0.05, 0) is 20.8 Å². The molecule has 0 fully saturated rings. The second-order valence-electron chi connectivity index (χ2n) is 4.67.